The van der Waals surface area contributed by atoms with Gasteiger partial charge in [0.25, 0.3) is 5.56 Å². The fourth-order valence-corrected chi connectivity index (χ4v) is 6.31. The molecule has 8 nitrogen and oxygen atoms in total. The van der Waals surface area contributed by atoms with Gasteiger partial charge in [-0.05, 0) is 55.9 Å². The molecule has 0 atom stereocenters. The molecule has 0 radical (unpaired) electrons. The van der Waals surface area contributed by atoms with Crippen LogP contribution in [0.4, 0.5) is 11.4 Å². The summed E-state index contributed by atoms with van der Waals surface area (Å²) in [5.41, 5.74) is 2.74. The van der Waals surface area contributed by atoms with Crippen molar-refractivity contribution in [2.24, 2.45) is 0 Å². The van der Waals surface area contributed by atoms with Crippen molar-refractivity contribution in [3.05, 3.63) is 50.4 Å². The summed E-state index contributed by atoms with van der Waals surface area (Å²) < 4.78 is 25.4. The zero-order valence-corrected chi connectivity index (χ0v) is 20.2. The number of aromatic amines is 1. The third-order valence-corrected chi connectivity index (χ3v) is 7.88. The number of thiophene rings is 1. The Kier molecular flexibility index (Phi) is 6.59. The lowest BCUT2D eigenvalue weighted by molar-refractivity contribution is -0.113. The van der Waals surface area contributed by atoms with Gasteiger partial charge in [0.05, 0.1) is 28.8 Å². The van der Waals surface area contributed by atoms with Crippen molar-refractivity contribution in [2.75, 3.05) is 22.0 Å². The quantitative estimate of drug-likeness (QED) is 0.465. The van der Waals surface area contributed by atoms with Crippen molar-refractivity contribution < 1.29 is 13.2 Å². The Morgan fingerprint density at radius 1 is 1.28 bits per heavy atom. The van der Waals surface area contributed by atoms with Crippen LogP contribution in [0.2, 0.25) is 0 Å². The Morgan fingerprint density at radius 3 is 2.84 bits per heavy atom. The van der Waals surface area contributed by atoms with Gasteiger partial charge < -0.3 is 10.3 Å². The number of fused-ring (bicyclic) bond motifs is 3. The van der Waals surface area contributed by atoms with Crippen molar-refractivity contribution >= 4 is 60.6 Å². The van der Waals surface area contributed by atoms with E-state index in [1.54, 1.807) is 36.5 Å². The molecule has 32 heavy (non-hydrogen) atoms. The summed E-state index contributed by atoms with van der Waals surface area (Å²) in [5.74, 6) is 0.925. The third kappa shape index (κ3) is 5.33. The van der Waals surface area contributed by atoms with E-state index in [1.165, 1.54) is 16.6 Å². The molecular weight excluding hydrogens is 468 g/mol. The van der Waals surface area contributed by atoms with Gasteiger partial charge in [0, 0.05) is 10.6 Å². The van der Waals surface area contributed by atoms with Crippen LogP contribution < -0.4 is 15.6 Å². The predicted octanol–water partition coefficient (Wildman–Crippen LogP) is 3.42. The second kappa shape index (κ2) is 9.24. The Hall–Kier alpha value is -2.37. The number of nitrogens with zero attached hydrogens (tertiary/aromatic N) is 1. The number of benzene rings is 1. The van der Waals surface area contributed by atoms with Crippen molar-refractivity contribution in [1.29, 1.82) is 0 Å². The highest BCUT2D eigenvalue weighted by atomic mass is 32.2. The minimum Gasteiger partial charge on any atom is -0.325 e. The zero-order valence-electron chi connectivity index (χ0n) is 17.8. The summed E-state index contributed by atoms with van der Waals surface area (Å²) >= 11 is 2.96. The number of H-pyrrole nitrogens is 1. The molecule has 1 aromatic carbocycles. The summed E-state index contributed by atoms with van der Waals surface area (Å²) in [6.07, 6.45) is 5.30. The number of amides is 1. The highest BCUT2D eigenvalue weighted by Gasteiger charge is 2.19. The van der Waals surface area contributed by atoms with Crippen LogP contribution in [0.3, 0.4) is 0 Å². The number of thioether (sulfide) groups is 1. The monoisotopic (exact) mass is 492 g/mol. The van der Waals surface area contributed by atoms with Gasteiger partial charge in [-0.25, -0.2) is 13.4 Å². The lowest BCUT2D eigenvalue weighted by Gasteiger charge is -2.11. The standard InChI is InChI=1S/C21H24N4O4S3/c1-12-7-8-13(9-15(12)25-32(2,28)29)22-18(26)11-30-10-17-23-20(27)19-14-5-3-4-6-16(14)31-21(19)24-17/h7-9,25H,3-6,10-11H2,1-2H3,(H,22,26)(H,23,24,27). The van der Waals surface area contributed by atoms with Gasteiger partial charge in [-0.2, -0.15) is 0 Å². The highest BCUT2D eigenvalue weighted by Crippen LogP contribution is 2.33. The number of carbonyl (C=O) groups is 1. The largest absolute Gasteiger partial charge is 0.325 e. The summed E-state index contributed by atoms with van der Waals surface area (Å²) in [6, 6.07) is 5.04. The first-order valence-electron chi connectivity index (χ1n) is 10.2. The fourth-order valence-electron chi connectivity index (χ4n) is 3.72. The number of aryl methyl sites for hydroxylation is 3. The van der Waals surface area contributed by atoms with E-state index in [4.69, 9.17) is 0 Å². The van der Waals surface area contributed by atoms with Crippen molar-refractivity contribution in [1.82, 2.24) is 9.97 Å². The molecule has 170 valence electrons. The first-order chi connectivity index (χ1) is 15.2. The zero-order chi connectivity index (χ0) is 22.9. The first kappa shape index (κ1) is 22.8. The van der Waals surface area contributed by atoms with Gasteiger partial charge in [0.2, 0.25) is 15.9 Å². The Labute approximate surface area is 194 Å². The van der Waals surface area contributed by atoms with Crippen LogP contribution in [0.1, 0.15) is 34.7 Å². The van der Waals surface area contributed by atoms with Crippen LogP contribution in [0.15, 0.2) is 23.0 Å². The minimum atomic E-state index is -3.41. The molecule has 0 aliphatic heterocycles. The molecule has 2 heterocycles. The van der Waals surface area contributed by atoms with Gasteiger partial charge in [0.15, 0.2) is 0 Å². The Morgan fingerprint density at radius 2 is 2.06 bits per heavy atom. The van der Waals surface area contributed by atoms with E-state index in [0.29, 0.717) is 23.0 Å². The summed E-state index contributed by atoms with van der Waals surface area (Å²) in [7, 11) is -3.41. The molecule has 0 fully saturated rings. The maximum absolute atomic E-state index is 12.6. The third-order valence-electron chi connectivity index (χ3n) is 5.16. The van der Waals surface area contributed by atoms with Crippen LogP contribution in [0.5, 0.6) is 0 Å². The molecule has 3 N–H and O–H groups in total. The maximum Gasteiger partial charge on any atom is 0.259 e. The first-order valence-corrected chi connectivity index (χ1v) is 14.1. The number of hydrogen-bond donors (Lipinski definition) is 3. The number of anilines is 2. The molecule has 2 aromatic heterocycles. The Bertz CT molecular complexity index is 1350. The van der Waals surface area contributed by atoms with E-state index in [9.17, 15) is 18.0 Å². The van der Waals surface area contributed by atoms with Gasteiger partial charge in [0.1, 0.15) is 10.7 Å². The molecule has 4 rings (SSSR count). The summed E-state index contributed by atoms with van der Waals surface area (Å²) in [5, 5.41) is 3.50. The summed E-state index contributed by atoms with van der Waals surface area (Å²) in [4.78, 5) is 34.5. The van der Waals surface area contributed by atoms with Crippen molar-refractivity contribution in [2.45, 2.75) is 38.4 Å². The SMILES string of the molecule is Cc1ccc(NC(=O)CSCc2nc3sc4c(c3c(=O)[nH]2)CCCC4)cc1NS(C)(=O)=O. The topological polar surface area (TPSA) is 121 Å². The van der Waals surface area contributed by atoms with Crippen molar-refractivity contribution in [3.8, 4) is 0 Å². The molecule has 1 amide bonds. The van der Waals surface area contributed by atoms with Gasteiger partial charge in [-0.3, -0.25) is 14.3 Å². The molecule has 1 aliphatic rings. The average Bonchev–Trinajstić information content (AvgIpc) is 3.08. The number of nitrogens with one attached hydrogen (secondary N) is 3. The smallest absolute Gasteiger partial charge is 0.259 e. The van der Waals surface area contributed by atoms with Crippen molar-refractivity contribution in [3.63, 3.8) is 0 Å². The molecule has 0 spiro atoms. The van der Waals surface area contributed by atoms with E-state index in [2.05, 4.69) is 20.0 Å². The molecule has 0 saturated heterocycles. The number of hydrogen-bond acceptors (Lipinski definition) is 7. The molecule has 0 unspecified atom stereocenters. The van der Waals surface area contributed by atoms with Crippen LogP contribution >= 0.6 is 23.1 Å². The number of aromatic nitrogens is 2. The van der Waals surface area contributed by atoms with E-state index < -0.39 is 10.0 Å². The fraction of sp³-hybridized carbons (Fsp3) is 0.381. The van der Waals surface area contributed by atoms with Gasteiger partial charge in [-0.15, -0.1) is 23.1 Å². The molecule has 1 aliphatic carbocycles. The van der Waals surface area contributed by atoms with E-state index in [-0.39, 0.29) is 17.2 Å². The second-order valence-electron chi connectivity index (χ2n) is 7.85. The van der Waals surface area contributed by atoms with Gasteiger partial charge in [-0.1, -0.05) is 6.07 Å². The number of carbonyl (C=O) groups excluding carboxylic acids is 1. The van der Waals surface area contributed by atoms with E-state index in [0.717, 1.165) is 53.3 Å². The molecule has 11 heteroatoms. The van der Waals surface area contributed by atoms with Crippen LogP contribution in [0, 0.1) is 6.92 Å². The number of rotatable bonds is 7. The van der Waals surface area contributed by atoms with Crippen LogP contribution in [-0.2, 0) is 33.4 Å². The molecule has 0 bridgehead atoms. The normalized spacial score (nSPS) is 13.7. The molecular formula is C21H24N4O4S3. The van der Waals surface area contributed by atoms with E-state index >= 15 is 0 Å². The maximum atomic E-state index is 12.6. The average molecular weight is 493 g/mol. The lowest BCUT2D eigenvalue weighted by atomic mass is 9.97. The van der Waals surface area contributed by atoms with Crippen LogP contribution in [-0.4, -0.2) is 36.3 Å². The Balaban J connectivity index is 1.38. The molecule has 0 saturated carbocycles. The number of sulfonamides is 1. The summed E-state index contributed by atoms with van der Waals surface area (Å²) in [6.45, 7) is 1.78. The van der Waals surface area contributed by atoms with E-state index in [1.807, 2.05) is 0 Å². The highest BCUT2D eigenvalue weighted by molar-refractivity contribution is 7.99. The van der Waals surface area contributed by atoms with Crippen LogP contribution in [0.25, 0.3) is 10.2 Å². The minimum absolute atomic E-state index is 0.0972. The lowest BCUT2D eigenvalue weighted by Crippen LogP contribution is -2.16. The van der Waals surface area contributed by atoms with Gasteiger partial charge >= 0.3 is 0 Å². The molecule has 3 aromatic rings. The predicted molar refractivity (Wildman–Crippen MR) is 131 cm³/mol. The second-order valence-corrected chi connectivity index (χ2v) is 11.7.